The van der Waals surface area contributed by atoms with E-state index >= 15 is 0 Å². The van der Waals surface area contributed by atoms with Gasteiger partial charge in [-0.1, -0.05) is 30.3 Å². The zero-order valence-corrected chi connectivity index (χ0v) is 11.8. The number of benzene rings is 3. The molecule has 3 aromatic rings. The summed E-state index contributed by atoms with van der Waals surface area (Å²) < 4.78 is 5.36. The summed E-state index contributed by atoms with van der Waals surface area (Å²) in [5.74, 6) is 0.0674. The van der Waals surface area contributed by atoms with Gasteiger partial charge in [0.05, 0.1) is 5.56 Å². The van der Waals surface area contributed by atoms with Crippen molar-refractivity contribution in [2.24, 2.45) is 5.73 Å². The highest BCUT2D eigenvalue weighted by atomic mass is 16.5. The lowest BCUT2D eigenvalue weighted by molar-refractivity contribution is 0.0736. The third kappa shape index (κ3) is 2.64. The van der Waals surface area contributed by atoms with Crippen LogP contribution in [0.5, 0.6) is 11.5 Å². The van der Waals surface area contributed by atoms with Crippen molar-refractivity contribution in [1.29, 1.82) is 0 Å². The Labute approximate surface area is 127 Å². The molecule has 22 heavy (non-hydrogen) atoms. The third-order valence-electron chi connectivity index (χ3n) is 3.50. The molecule has 0 saturated heterocycles. The molecule has 0 unspecified atom stereocenters. The van der Waals surface area contributed by atoms with Crippen LogP contribution in [0.2, 0.25) is 0 Å². The Kier molecular flexibility index (Phi) is 3.76. The van der Waals surface area contributed by atoms with Gasteiger partial charge in [-0.25, -0.2) is 4.79 Å². The van der Waals surface area contributed by atoms with Gasteiger partial charge in [0, 0.05) is 6.54 Å². The molecule has 4 nitrogen and oxygen atoms in total. The van der Waals surface area contributed by atoms with Gasteiger partial charge in [0.15, 0.2) is 0 Å². The summed E-state index contributed by atoms with van der Waals surface area (Å²) in [7, 11) is 0. The SMILES string of the molecule is NCc1ccc(C(=O)Oc2ccc(O)cc2)c2ccccc12. The first-order valence-corrected chi connectivity index (χ1v) is 6.91. The van der Waals surface area contributed by atoms with Crippen LogP contribution in [0.15, 0.2) is 60.7 Å². The predicted octanol–water partition coefficient (Wildman–Crippen LogP) is 3.22. The number of hydrogen-bond donors (Lipinski definition) is 2. The standard InChI is InChI=1S/C18H15NO3/c19-11-12-5-10-17(16-4-2-1-3-15(12)16)18(21)22-14-8-6-13(20)7-9-14/h1-10,20H,11,19H2. The molecule has 0 aliphatic rings. The van der Waals surface area contributed by atoms with Crippen molar-refractivity contribution in [3.8, 4) is 11.5 Å². The molecule has 0 saturated carbocycles. The molecule has 0 aliphatic carbocycles. The summed E-state index contributed by atoms with van der Waals surface area (Å²) in [6.45, 7) is 0.411. The second-order valence-electron chi connectivity index (χ2n) is 4.91. The van der Waals surface area contributed by atoms with Crippen LogP contribution in [0.1, 0.15) is 15.9 Å². The van der Waals surface area contributed by atoms with E-state index in [1.165, 1.54) is 12.1 Å². The molecule has 110 valence electrons. The Morgan fingerprint density at radius 1 is 0.955 bits per heavy atom. The van der Waals surface area contributed by atoms with Gasteiger partial charge < -0.3 is 15.6 Å². The van der Waals surface area contributed by atoms with Gasteiger partial charge in [-0.15, -0.1) is 0 Å². The first-order chi connectivity index (χ1) is 10.7. The molecule has 0 amide bonds. The minimum Gasteiger partial charge on any atom is -0.508 e. The Morgan fingerprint density at radius 2 is 1.64 bits per heavy atom. The predicted molar refractivity (Wildman–Crippen MR) is 84.9 cm³/mol. The summed E-state index contributed by atoms with van der Waals surface area (Å²) >= 11 is 0. The van der Waals surface area contributed by atoms with E-state index in [4.69, 9.17) is 10.5 Å². The van der Waals surface area contributed by atoms with Crippen molar-refractivity contribution in [3.05, 3.63) is 71.8 Å². The molecule has 0 heterocycles. The Balaban J connectivity index is 1.99. The number of phenolic OH excluding ortho intramolecular Hbond substituents is 1. The van der Waals surface area contributed by atoms with E-state index < -0.39 is 5.97 Å². The van der Waals surface area contributed by atoms with E-state index in [-0.39, 0.29) is 5.75 Å². The van der Waals surface area contributed by atoms with Gasteiger partial charge in [0.2, 0.25) is 0 Å². The zero-order chi connectivity index (χ0) is 15.5. The molecule has 3 aromatic carbocycles. The largest absolute Gasteiger partial charge is 0.508 e. The summed E-state index contributed by atoms with van der Waals surface area (Å²) in [6.07, 6.45) is 0. The molecule has 0 spiro atoms. The van der Waals surface area contributed by atoms with Gasteiger partial charge in [-0.2, -0.15) is 0 Å². The number of hydrogen-bond acceptors (Lipinski definition) is 4. The van der Waals surface area contributed by atoms with E-state index in [2.05, 4.69) is 0 Å². The van der Waals surface area contributed by atoms with E-state index in [1.807, 2.05) is 30.3 Å². The number of nitrogens with two attached hydrogens (primary N) is 1. The second kappa shape index (κ2) is 5.87. The summed E-state index contributed by atoms with van der Waals surface area (Å²) in [5, 5.41) is 11.0. The highest BCUT2D eigenvalue weighted by Gasteiger charge is 2.14. The van der Waals surface area contributed by atoms with E-state index in [9.17, 15) is 9.90 Å². The summed E-state index contributed by atoms with van der Waals surface area (Å²) in [5.41, 5.74) is 7.21. The normalized spacial score (nSPS) is 10.6. The van der Waals surface area contributed by atoms with Crippen molar-refractivity contribution < 1.29 is 14.6 Å². The molecule has 4 heteroatoms. The maximum atomic E-state index is 12.4. The maximum Gasteiger partial charge on any atom is 0.344 e. The number of ether oxygens (including phenoxy) is 1. The van der Waals surface area contributed by atoms with Gasteiger partial charge >= 0.3 is 5.97 Å². The fourth-order valence-electron chi connectivity index (χ4n) is 2.39. The molecule has 0 atom stereocenters. The minimum absolute atomic E-state index is 0.123. The highest BCUT2D eigenvalue weighted by Crippen LogP contribution is 2.24. The molecular weight excluding hydrogens is 278 g/mol. The molecule has 0 radical (unpaired) electrons. The van der Waals surface area contributed by atoms with Crippen LogP contribution in [-0.4, -0.2) is 11.1 Å². The van der Waals surface area contributed by atoms with Gasteiger partial charge in [-0.05, 0) is 46.7 Å². The number of phenols is 1. The molecule has 0 bridgehead atoms. The fourth-order valence-corrected chi connectivity index (χ4v) is 2.39. The molecule has 0 fully saturated rings. The number of carbonyl (C=O) groups is 1. The second-order valence-corrected chi connectivity index (χ2v) is 4.91. The van der Waals surface area contributed by atoms with Crippen LogP contribution >= 0.6 is 0 Å². The Hall–Kier alpha value is -2.85. The molecular formula is C18H15NO3. The van der Waals surface area contributed by atoms with Crippen molar-refractivity contribution in [2.75, 3.05) is 0 Å². The quantitative estimate of drug-likeness (QED) is 0.574. The van der Waals surface area contributed by atoms with Gasteiger partial charge in [-0.3, -0.25) is 0 Å². The average Bonchev–Trinajstić information content (AvgIpc) is 2.56. The Bertz CT molecular complexity index is 825. The number of aromatic hydroxyl groups is 1. The van der Waals surface area contributed by atoms with Gasteiger partial charge in [0.1, 0.15) is 11.5 Å². The lowest BCUT2D eigenvalue weighted by atomic mass is 9.99. The number of esters is 1. The number of fused-ring (bicyclic) bond motifs is 1. The van der Waals surface area contributed by atoms with Crippen molar-refractivity contribution in [3.63, 3.8) is 0 Å². The van der Waals surface area contributed by atoms with Crippen LogP contribution in [0.25, 0.3) is 10.8 Å². The third-order valence-corrected chi connectivity index (χ3v) is 3.50. The van der Waals surface area contributed by atoms with E-state index in [1.54, 1.807) is 18.2 Å². The monoisotopic (exact) mass is 293 g/mol. The maximum absolute atomic E-state index is 12.4. The van der Waals surface area contributed by atoms with Crippen LogP contribution in [0, 0.1) is 0 Å². The van der Waals surface area contributed by atoms with E-state index in [0.717, 1.165) is 16.3 Å². The van der Waals surface area contributed by atoms with Crippen LogP contribution < -0.4 is 10.5 Å². The van der Waals surface area contributed by atoms with E-state index in [0.29, 0.717) is 17.9 Å². The lowest BCUT2D eigenvalue weighted by Crippen LogP contribution is -2.10. The molecule has 0 aromatic heterocycles. The average molecular weight is 293 g/mol. The van der Waals surface area contributed by atoms with Crippen molar-refractivity contribution in [2.45, 2.75) is 6.54 Å². The zero-order valence-electron chi connectivity index (χ0n) is 11.8. The fraction of sp³-hybridized carbons (Fsp3) is 0.0556. The summed E-state index contributed by atoms with van der Waals surface area (Å²) in [4.78, 5) is 12.4. The van der Waals surface area contributed by atoms with Crippen molar-refractivity contribution >= 4 is 16.7 Å². The van der Waals surface area contributed by atoms with Crippen LogP contribution in [-0.2, 0) is 6.54 Å². The highest BCUT2D eigenvalue weighted by molar-refractivity contribution is 6.06. The first kappa shape index (κ1) is 14.1. The first-order valence-electron chi connectivity index (χ1n) is 6.91. The summed E-state index contributed by atoms with van der Waals surface area (Å²) in [6, 6.07) is 17.2. The van der Waals surface area contributed by atoms with Crippen LogP contribution in [0.4, 0.5) is 0 Å². The molecule has 3 rings (SSSR count). The van der Waals surface area contributed by atoms with Crippen LogP contribution in [0.3, 0.4) is 0 Å². The molecule has 3 N–H and O–H groups in total. The lowest BCUT2D eigenvalue weighted by Gasteiger charge is -2.10. The smallest absolute Gasteiger partial charge is 0.344 e. The van der Waals surface area contributed by atoms with Gasteiger partial charge in [0.25, 0.3) is 0 Å². The Morgan fingerprint density at radius 3 is 2.32 bits per heavy atom. The number of rotatable bonds is 3. The minimum atomic E-state index is -0.439. The van der Waals surface area contributed by atoms with Crippen molar-refractivity contribution in [1.82, 2.24) is 0 Å². The molecule has 0 aliphatic heterocycles. The number of carbonyl (C=O) groups excluding carboxylic acids is 1. The topological polar surface area (TPSA) is 72.6 Å².